The molecule has 2 aromatic rings. The maximum absolute atomic E-state index is 12.5. The van der Waals surface area contributed by atoms with Gasteiger partial charge in [0.05, 0.1) is 0 Å². The van der Waals surface area contributed by atoms with E-state index in [1.165, 1.54) is 0 Å². The maximum atomic E-state index is 12.5. The second kappa shape index (κ2) is 6.63. The largest absolute Gasteiger partial charge is 0.298 e. The molecule has 1 fully saturated rings. The van der Waals surface area contributed by atoms with Crippen LogP contribution in [-0.4, -0.2) is 11.6 Å². The lowest BCUT2D eigenvalue weighted by Gasteiger charge is -2.13. The number of halogens is 1. The fourth-order valence-electron chi connectivity index (χ4n) is 3.32. The van der Waals surface area contributed by atoms with Crippen LogP contribution in [0.5, 0.6) is 0 Å². The van der Waals surface area contributed by atoms with Crippen molar-refractivity contribution in [2.45, 2.75) is 25.7 Å². The Balaban J connectivity index is 1.93. The van der Waals surface area contributed by atoms with Gasteiger partial charge in [0, 0.05) is 23.8 Å². The maximum Gasteiger partial charge on any atom is 0.152 e. The van der Waals surface area contributed by atoms with Crippen molar-refractivity contribution in [1.29, 1.82) is 0 Å². The highest BCUT2D eigenvalue weighted by molar-refractivity contribution is 6.30. The molecule has 3 heteroatoms. The van der Waals surface area contributed by atoms with E-state index < -0.39 is 5.92 Å². The number of ketones is 2. The van der Waals surface area contributed by atoms with E-state index in [1.807, 2.05) is 49.4 Å². The number of carbonyl (C=O) groups is 2. The zero-order chi connectivity index (χ0) is 17.3. The molecule has 1 aliphatic carbocycles. The fourth-order valence-corrected chi connectivity index (χ4v) is 3.44. The summed E-state index contributed by atoms with van der Waals surface area (Å²) >= 11 is 5.92. The molecule has 2 aromatic carbocycles. The summed E-state index contributed by atoms with van der Waals surface area (Å²) in [6.07, 6.45) is 5.89. The van der Waals surface area contributed by atoms with Gasteiger partial charge in [0.1, 0.15) is 11.7 Å². The summed E-state index contributed by atoms with van der Waals surface area (Å²) in [7, 11) is 0. The molecule has 0 N–H and O–H groups in total. The van der Waals surface area contributed by atoms with E-state index in [0.29, 0.717) is 11.4 Å². The first-order valence-electron chi connectivity index (χ1n) is 7.87. The molecular formula is C21H17ClO2. The van der Waals surface area contributed by atoms with Crippen LogP contribution < -0.4 is 0 Å². The molecule has 24 heavy (non-hydrogen) atoms. The lowest BCUT2D eigenvalue weighted by molar-refractivity contribution is -0.124. The third kappa shape index (κ3) is 3.00. The molecule has 2 nitrogen and oxygen atoms in total. The number of Topliss-reactive ketones (excluding diaryl/α,β-unsaturated/α-hetero) is 2. The Morgan fingerprint density at radius 3 is 2.42 bits per heavy atom. The average molecular weight is 337 g/mol. The van der Waals surface area contributed by atoms with Crippen LogP contribution in [-0.2, 0) is 9.59 Å². The third-order valence-electron chi connectivity index (χ3n) is 4.58. The van der Waals surface area contributed by atoms with Gasteiger partial charge in [-0.3, -0.25) is 9.59 Å². The highest BCUT2D eigenvalue weighted by Gasteiger charge is 2.41. The first kappa shape index (κ1) is 16.5. The Bertz CT molecular complexity index is 843. The normalized spacial score (nSPS) is 20.2. The molecule has 0 radical (unpaired) electrons. The Morgan fingerprint density at radius 1 is 1.12 bits per heavy atom. The second-order valence-corrected chi connectivity index (χ2v) is 6.63. The molecule has 0 amide bonds. The summed E-state index contributed by atoms with van der Waals surface area (Å²) in [5.74, 6) is 1.44. The summed E-state index contributed by atoms with van der Waals surface area (Å²) in [5.41, 5.74) is 3.81. The summed E-state index contributed by atoms with van der Waals surface area (Å²) in [4.78, 5) is 24.8. The van der Waals surface area contributed by atoms with E-state index in [2.05, 4.69) is 5.92 Å². The van der Waals surface area contributed by atoms with Gasteiger partial charge in [-0.15, -0.1) is 12.3 Å². The van der Waals surface area contributed by atoms with E-state index >= 15 is 0 Å². The number of hydrogen-bond acceptors (Lipinski definition) is 2. The summed E-state index contributed by atoms with van der Waals surface area (Å²) in [6.45, 7) is 1.93. The molecule has 0 bridgehead atoms. The van der Waals surface area contributed by atoms with Gasteiger partial charge in [0.15, 0.2) is 5.78 Å². The number of aryl methyl sites for hydroxylation is 1. The molecule has 120 valence electrons. The number of carbonyl (C=O) groups excluding carboxylic acids is 2. The van der Waals surface area contributed by atoms with Gasteiger partial charge in [-0.1, -0.05) is 41.9 Å². The molecule has 2 atom stereocenters. The van der Waals surface area contributed by atoms with Gasteiger partial charge in [0.2, 0.25) is 0 Å². The topological polar surface area (TPSA) is 34.1 Å². The van der Waals surface area contributed by atoms with Crippen molar-refractivity contribution < 1.29 is 9.59 Å². The monoisotopic (exact) mass is 336 g/mol. The van der Waals surface area contributed by atoms with Crippen molar-refractivity contribution in [2.75, 3.05) is 0 Å². The number of benzene rings is 2. The van der Waals surface area contributed by atoms with Crippen molar-refractivity contribution in [1.82, 2.24) is 0 Å². The Hall–Kier alpha value is -2.37. The first-order valence-corrected chi connectivity index (χ1v) is 8.25. The first-order chi connectivity index (χ1) is 11.5. The lowest BCUT2D eigenvalue weighted by Crippen LogP contribution is -2.16. The lowest BCUT2D eigenvalue weighted by atomic mass is 9.88. The van der Waals surface area contributed by atoms with Gasteiger partial charge in [-0.2, -0.15) is 0 Å². The summed E-state index contributed by atoms with van der Waals surface area (Å²) < 4.78 is 0. The van der Waals surface area contributed by atoms with Crippen molar-refractivity contribution in [3.05, 3.63) is 58.6 Å². The van der Waals surface area contributed by atoms with Gasteiger partial charge in [0.25, 0.3) is 0 Å². The zero-order valence-electron chi connectivity index (χ0n) is 13.4. The van der Waals surface area contributed by atoms with Crippen LogP contribution in [0.3, 0.4) is 0 Å². The number of terminal acetylenes is 1. The SMILES string of the molecule is C#CCC1CC(=O)C(c2ccc(-c3ccc(Cl)cc3)cc2C)C1=O. The van der Waals surface area contributed by atoms with E-state index in [4.69, 9.17) is 18.0 Å². The Morgan fingerprint density at radius 2 is 1.79 bits per heavy atom. The quantitative estimate of drug-likeness (QED) is 0.607. The summed E-state index contributed by atoms with van der Waals surface area (Å²) in [6, 6.07) is 13.4. The predicted molar refractivity (Wildman–Crippen MR) is 95.9 cm³/mol. The average Bonchev–Trinajstić information content (AvgIpc) is 2.83. The molecule has 0 saturated heterocycles. The van der Waals surface area contributed by atoms with Crippen LogP contribution >= 0.6 is 11.6 Å². The molecule has 0 aliphatic heterocycles. The van der Waals surface area contributed by atoms with Crippen molar-refractivity contribution in [3.63, 3.8) is 0 Å². The van der Waals surface area contributed by atoms with E-state index in [-0.39, 0.29) is 23.9 Å². The number of hydrogen-bond donors (Lipinski definition) is 0. The Kier molecular flexibility index (Phi) is 4.55. The van der Waals surface area contributed by atoms with Gasteiger partial charge in [-0.05, 0) is 41.3 Å². The van der Waals surface area contributed by atoms with E-state index in [1.54, 1.807) is 0 Å². The minimum absolute atomic E-state index is 0.0254. The molecule has 3 rings (SSSR count). The van der Waals surface area contributed by atoms with Crippen molar-refractivity contribution in [3.8, 4) is 23.5 Å². The van der Waals surface area contributed by atoms with Crippen LogP contribution in [0.25, 0.3) is 11.1 Å². The third-order valence-corrected chi connectivity index (χ3v) is 4.83. The van der Waals surface area contributed by atoms with Gasteiger partial charge < -0.3 is 0 Å². The molecule has 1 aliphatic rings. The smallest absolute Gasteiger partial charge is 0.152 e. The van der Waals surface area contributed by atoms with E-state index in [9.17, 15) is 9.59 Å². The highest BCUT2D eigenvalue weighted by atomic mass is 35.5. The van der Waals surface area contributed by atoms with Crippen molar-refractivity contribution >= 4 is 23.2 Å². The second-order valence-electron chi connectivity index (χ2n) is 6.19. The summed E-state index contributed by atoms with van der Waals surface area (Å²) in [5, 5.41) is 0.689. The molecule has 1 saturated carbocycles. The molecule has 2 unspecified atom stereocenters. The molecule has 0 heterocycles. The minimum atomic E-state index is -0.664. The standard InChI is InChI=1S/C21H17ClO2/c1-3-4-16-12-19(23)20(21(16)24)18-10-7-15(11-13(18)2)14-5-8-17(22)9-6-14/h1,5-11,16,20H,4,12H2,2H3. The van der Waals surface area contributed by atoms with Crippen molar-refractivity contribution in [2.24, 2.45) is 5.92 Å². The van der Waals surface area contributed by atoms with E-state index in [0.717, 1.165) is 22.3 Å². The highest BCUT2D eigenvalue weighted by Crippen LogP contribution is 2.36. The minimum Gasteiger partial charge on any atom is -0.298 e. The van der Waals surface area contributed by atoms with Crippen LogP contribution in [0.1, 0.15) is 29.9 Å². The number of rotatable bonds is 3. The molecule has 0 spiro atoms. The molecule has 0 aromatic heterocycles. The zero-order valence-corrected chi connectivity index (χ0v) is 14.1. The van der Waals surface area contributed by atoms with Crippen LogP contribution in [0.2, 0.25) is 5.02 Å². The molecular weight excluding hydrogens is 320 g/mol. The fraction of sp³-hybridized carbons (Fsp3) is 0.238. The van der Waals surface area contributed by atoms with Gasteiger partial charge in [-0.25, -0.2) is 0 Å². The Labute approximate surface area is 146 Å². The van der Waals surface area contributed by atoms with Crippen LogP contribution in [0, 0.1) is 25.2 Å². The van der Waals surface area contributed by atoms with Gasteiger partial charge >= 0.3 is 0 Å². The predicted octanol–water partition coefficient (Wildman–Crippen LogP) is 4.58. The van der Waals surface area contributed by atoms with Crippen LogP contribution in [0.15, 0.2) is 42.5 Å². The van der Waals surface area contributed by atoms with Crippen LogP contribution in [0.4, 0.5) is 0 Å².